The third kappa shape index (κ3) is 4.78. The molecule has 1 aliphatic carbocycles. The molecular formula is C21H26N4O2. The molecule has 2 aromatic rings. The first-order valence-corrected chi connectivity index (χ1v) is 9.24. The van der Waals surface area contributed by atoms with Gasteiger partial charge in [-0.1, -0.05) is 18.9 Å². The van der Waals surface area contributed by atoms with Gasteiger partial charge in [-0.15, -0.1) is 0 Å². The van der Waals surface area contributed by atoms with Crippen molar-refractivity contribution < 1.29 is 9.90 Å². The monoisotopic (exact) mass is 366 g/mol. The Bertz CT molecular complexity index is 827. The second-order valence-corrected chi connectivity index (χ2v) is 7.16. The summed E-state index contributed by atoms with van der Waals surface area (Å²) in [5.41, 5.74) is 9.43. The Hall–Kier alpha value is -3.02. The van der Waals surface area contributed by atoms with E-state index in [9.17, 15) is 9.90 Å². The van der Waals surface area contributed by atoms with Gasteiger partial charge in [-0.3, -0.25) is 5.41 Å². The zero-order valence-electron chi connectivity index (χ0n) is 15.5. The van der Waals surface area contributed by atoms with Gasteiger partial charge in [-0.05, 0) is 67.3 Å². The molecule has 1 atom stereocenters. The summed E-state index contributed by atoms with van der Waals surface area (Å²) in [4.78, 5) is 11.9. The van der Waals surface area contributed by atoms with Crippen molar-refractivity contribution in [1.29, 1.82) is 5.41 Å². The molecule has 27 heavy (non-hydrogen) atoms. The van der Waals surface area contributed by atoms with Gasteiger partial charge in [0.25, 0.3) is 0 Å². The number of carboxylic acids is 1. The molecule has 0 aromatic heterocycles. The molecule has 1 saturated carbocycles. The van der Waals surface area contributed by atoms with Crippen molar-refractivity contribution in [2.24, 2.45) is 5.73 Å². The van der Waals surface area contributed by atoms with Crippen molar-refractivity contribution in [2.75, 3.05) is 10.6 Å². The van der Waals surface area contributed by atoms with Crippen LogP contribution in [0.3, 0.4) is 0 Å². The van der Waals surface area contributed by atoms with Crippen molar-refractivity contribution in [3.63, 3.8) is 0 Å². The summed E-state index contributed by atoms with van der Waals surface area (Å²) >= 11 is 0. The third-order valence-corrected chi connectivity index (χ3v) is 4.91. The van der Waals surface area contributed by atoms with Crippen LogP contribution < -0.4 is 16.4 Å². The van der Waals surface area contributed by atoms with E-state index in [4.69, 9.17) is 11.1 Å². The first kappa shape index (κ1) is 18.8. The largest absolute Gasteiger partial charge is 0.479 e. The van der Waals surface area contributed by atoms with E-state index in [-0.39, 0.29) is 5.84 Å². The topological polar surface area (TPSA) is 111 Å². The summed E-state index contributed by atoms with van der Waals surface area (Å²) in [6.45, 7) is 1.98. The van der Waals surface area contributed by atoms with Crippen molar-refractivity contribution in [2.45, 2.75) is 44.7 Å². The fraction of sp³-hybridized carbons (Fsp3) is 0.333. The van der Waals surface area contributed by atoms with Crippen LogP contribution in [0.2, 0.25) is 0 Å². The molecule has 0 aliphatic heterocycles. The highest BCUT2D eigenvalue weighted by molar-refractivity contribution is 5.95. The minimum absolute atomic E-state index is 0.0161. The van der Waals surface area contributed by atoms with E-state index in [1.807, 2.05) is 19.1 Å². The predicted octanol–water partition coefficient (Wildman–Crippen LogP) is 3.87. The zero-order chi connectivity index (χ0) is 19.4. The number of nitrogens with two attached hydrogens (primary N) is 1. The molecule has 6 heteroatoms. The van der Waals surface area contributed by atoms with Gasteiger partial charge in [0.1, 0.15) is 5.84 Å². The minimum Gasteiger partial charge on any atom is -0.479 e. The Morgan fingerprint density at radius 1 is 1.15 bits per heavy atom. The molecule has 0 bridgehead atoms. The molecule has 1 fully saturated rings. The first-order chi connectivity index (χ1) is 12.9. The molecule has 0 heterocycles. The van der Waals surface area contributed by atoms with Gasteiger partial charge in [0.2, 0.25) is 0 Å². The first-order valence-electron chi connectivity index (χ1n) is 9.24. The number of carbonyl (C=O) groups is 1. The number of rotatable bonds is 7. The van der Waals surface area contributed by atoms with Crippen molar-refractivity contribution in [3.05, 3.63) is 59.2 Å². The third-order valence-electron chi connectivity index (χ3n) is 4.91. The number of amidine groups is 1. The minimum atomic E-state index is -0.942. The predicted molar refractivity (Wildman–Crippen MR) is 109 cm³/mol. The summed E-state index contributed by atoms with van der Waals surface area (Å²) in [6.07, 6.45) is 4.80. The standard InChI is InChI=1S/C21H26N4O2/c1-13-10-15(12-18(11-13)24-16-4-2-3-5-16)19(21(26)27)25-17-8-6-14(7-9-17)20(22)23/h6-12,16,19,24-25H,2-5H2,1H3,(H3,22,23)(H,26,27). The molecule has 1 unspecified atom stereocenters. The van der Waals surface area contributed by atoms with Gasteiger partial charge in [-0.25, -0.2) is 4.79 Å². The maximum Gasteiger partial charge on any atom is 0.330 e. The number of hydrogen-bond acceptors (Lipinski definition) is 4. The number of anilines is 2. The highest BCUT2D eigenvalue weighted by Gasteiger charge is 2.21. The van der Waals surface area contributed by atoms with E-state index in [2.05, 4.69) is 16.7 Å². The highest BCUT2D eigenvalue weighted by atomic mass is 16.4. The van der Waals surface area contributed by atoms with Gasteiger partial charge in [0.05, 0.1) is 0 Å². The van der Waals surface area contributed by atoms with Crippen LogP contribution >= 0.6 is 0 Å². The van der Waals surface area contributed by atoms with Gasteiger partial charge in [-0.2, -0.15) is 0 Å². The normalized spacial score (nSPS) is 15.3. The van der Waals surface area contributed by atoms with Crippen LogP contribution in [-0.2, 0) is 4.79 Å². The summed E-state index contributed by atoms with van der Waals surface area (Å²) < 4.78 is 0. The van der Waals surface area contributed by atoms with E-state index < -0.39 is 12.0 Å². The Morgan fingerprint density at radius 2 is 1.81 bits per heavy atom. The van der Waals surface area contributed by atoms with Crippen LogP contribution in [0.1, 0.15) is 48.4 Å². The number of nitrogen functional groups attached to an aromatic ring is 1. The Labute approximate surface area is 159 Å². The van der Waals surface area contributed by atoms with E-state index in [1.54, 1.807) is 24.3 Å². The lowest BCUT2D eigenvalue weighted by Gasteiger charge is -2.20. The quantitative estimate of drug-likeness (QED) is 0.377. The second-order valence-electron chi connectivity index (χ2n) is 7.16. The lowest BCUT2D eigenvalue weighted by Crippen LogP contribution is -2.21. The molecule has 2 aromatic carbocycles. The number of hydrogen-bond donors (Lipinski definition) is 5. The smallest absolute Gasteiger partial charge is 0.330 e. The molecule has 6 N–H and O–H groups in total. The van der Waals surface area contributed by atoms with Crippen LogP contribution in [0, 0.1) is 12.3 Å². The Balaban J connectivity index is 1.82. The number of aliphatic carboxylic acids is 1. The molecule has 0 amide bonds. The molecule has 0 saturated heterocycles. The van der Waals surface area contributed by atoms with Crippen LogP contribution in [0.4, 0.5) is 11.4 Å². The van der Waals surface area contributed by atoms with Crippen LogP contribution in [0.25, 0.3) is 0 Å². The van der Waals surface area contributed by atoms with E-state index in [0.717, 1.165) is 24.1 Å². The fourth-order valence-electron chi connectivity index (χ4n) is 3.57. The summed E-state index contributed by atoms with van der Waals surface area (Å²) in [6, 6.07) is 12.4. The van der Waals surface area contributed by atoms with Gasteiger partial charge < -0.3 is 21.5 Å². The average Bonchev–Trinajstić information content (AvgIpc) is 3.12. The maximum atomic E-state index is 11.9. The molecule has 3 rings (SSSR count). The van der Waals surface area contributed by atoms with Crippen molar-refractivity contribution >= 4 is 23.2 Å². The van der Waals surface area contributed by atoms with E-state index in [1.165, 1.54) is 12.8 Å². The molecule has 6 nitrogen and oxygen atoms in total. The lowest BCUT2D eigenvalue weighted by molar-refractivity contribution is -0.138. The van der Waals surface area contributed by atoms with Crippen LogP contribution in [0.5, 0.6) is 0 Å². The van der Waals surface area contributed by atoms with Crippen LogP contribution in [0.15, 0.2) is 42.5 Å². The van der Waals surface area contributed by atoms with Crippen molar-refractivity contribution in [1.82, 2.24) is 0 Å². The summed E-state index contributed by atoms with van der Waals surface area (Å²) in [5, 5.41) is 23.8. The lowest BCUT2D eigenvalue weighted by atomic mass is 10.0. The number of carboxylic acid groups (broad SMARTS) is 1. The number of nitrogens with one attached hydrogen (secondary N) is 3. The van der Waals surface area contributed by atoms with Crippen molar-refractivity contribution in [3.8, 4) is 0 Å². The SMILES string of the molecule is Cc1cc(NC2CCCC2)cc(C(Nc2ccc(C(=N)N)cc2)C(=O)O)c1. The molecular weight excluding hydrogens is 340 g/mol. The molecule has 0 spiro atoms. The Morgan fingerprint density at radius 3 is 2.41 bits per heavy atom. The molecule has 142 valence electrons. The fourth-order valence-corrected chi connectivity index (χ4v) is 3.57. The maximum absolute atomic E-state index is 11.9. The summed E-state index contributed by atoms with van der Waals surface area (Å²) in [7, 11) is 0. The highest BCUT2D eigenvalue weighted by Crippen LogP contribution is 2.27. The zero-order valence-corrected chi connectivity index (χ0v) is 15.5. The molecule has 0 radical (unpaired) electrons. The van der Waals surface area contributed by atoms with E-state index in [0.29, 0.717) is 22.9 Å². The summed E-state index contributed by atoms with van der Waals surface area (Å²) in [5.74, 6) is -0.958. The molecule has 1 aliphatic rings. The Kier molecular flexibility index (Phi) is 5.64. The van der Waals surface area contributed by atoms with Gasteiger partial charge in [0.15, 0.2) is 6.04 Å². The van der Waals surface area contributed by atoms with Gasteiger partial charge in [0, 0.05) is 23.0 Å². The van der Waals surface area contributed by atoms with Gasteiger partial charge >= 0.3 is 5.97 Å². The van der Waals surface area contributed by atoms with Crippen LogP contribution in [-0.4, -0.2) is 23.0 Å². The number of aryl methyl sites for hydroxylation is 1. The number of benzene rings is 2. The van der Waals surface area contributed by atoms with E-state index >= 15 is 0 Å². The second kappa shape index (κ2) is 8.12. The average molecular weight is 366 g/mol.